The van der Waals surface area contributed by atoms with Gasteiger partial charge in [0.05, 0.1) is 0 Å². The maximum atomic E-state index is 10.7. The van der Waals surface area contributed by atoms with E-state index in [-0.39, 0.29) is 5.91 Å². The second-order valence-corrected chi connectivity index (χ2v) is 2.55. The van der Waals surface area contributed by atoms with E-state index in [1.165, 1.54) is 0 Å². The number of nitrogens with one attached hydrogen (secondary N) is 1. The molecule has 0 aromatic carbocycles. The molecule has 1 saturated heterocycles. The fourth-order valence-corrected chi connectivity index (χ4v) is 1.15. The van der Waals surface area contributed by atoms with Crippen LogP contribution in [0.25, 0.3) is 0 Å². The molecule has 2 heteroatoms. The monoisotopic (exact) mass is 137 g/mol. The molecule has 1 heterocycles. The summed E-state index contributed by atoms with van der Waals surface area (Å²) in [5, 5.41) is 2.85. The molecule has 2 nitrogen and oxygen atoms in total. The first-order chi connectivity index (χ1) is 4.83. The van der Waals surface area contributed by atoms with E-state index >= 15 is 0 Å². The standard InChI is InChI=1S/C8H11NO/c1-2-3-4-7-5-6-8(10)9-7/h1,7H,3-6H2,(H,9,10). The van der Waals surface area contributed by atoms with Gasteiger partial charge in [-0.15, -0.1) is 12.3 Å². The van der Waals surface area contributed by atoms with E-state index in [0.717, 1.165) is 19.3 Å². The van der Waals surface area contributed by atoms with Gasteiger partial charge in [0.2, 0.25) is 5.91 Å². The highest BCUT2D eigenvalue weighted by molar-refractivity contribution is 5.78. The van der Waals surface area contributed by atoms with Gasteiger partial charge in [0.1, 0.15) is 0 Å². The van der Waals surface area contributed by atoms with Gasteiger partial charge in [-0.25, -0.2) is 0 Å². The van der Waals surface area contributed by atoms with Crippen LogP contribution in [0.5, 0.6) is 0 Å². The summed E-state index contributed by atoms with van der Waals surface area (Å²) < 4.78 is 0. The van der Waals surface area contributed by atoms with Crippen LogP contribution in [0.3, 0.4) is 0 Å². The number of hydrogen-bond acceptors (Lipinski definition) is 1. The zero-order valence-corrected chi connectivity index (χ0v) is 5.89. The third-order valence-corrected chi connectivity index (χ3v) is 1.72. The molecule has 1 aliphatic heterocycles. The molecule has 1 N–H and O–H groups in total. The van der Waals surface area contributed by atoms with Crippen molar-refractivity contribution in [2.45, 2.75) is 31.7 Å². The van der Waals surface area contributed by atoms with Gasteiger partial charge < -0.3 is 5.32 Å². The first-order valence-electron chi connectivity index (χ1n) is 3.56. The molecule has 1 fully saturated rings. The molecule has 1 atom stereocenters. The van der Waals surface area contributed by atoms with Crippen LogP contribution in [0.15, 0.2) is 0 Å². The third kappa shape index (κ3) is 1.77. The zero-order chi connectivity index (χ0) is 7.40. The van der Waals surface area contributed by atoms with Gasteiger partial charge in [0.15, 0.2) is 0 Å². The molecular weight excluding hydrogens is 126 g/mol. The molecule has 0 saturated carbocycles. The van der Waals surface area contributed by atoms with E-state index in [4.69, 9.17) is 6.42 Å². The van der Waals surface area contributed by atoms with E-state index in [1.807, 2.05) is 0 Å². The first kappa shape index (κ1) is 7.14. The number of rotatable bonds is 2. The average molecular weight is 137 g/mol. The van der Waals surface area contributed by atoms with Crippen molar-refractivity contribution in [1.29, 1.82) is 0 Å². The van der Waals surface area contributed by atoms with E-state index in [1.54, 1.807) is 0 Å². The number of amides is 1. The summed E-state index contributed by atoms with van der Waals surface area (Å²) in [5.41, 5.74) is 0. The number of carbonyl (C=O) groups excluding carboxylic acids is 1. The van der Waals surface area contributed by atoms with Gasteiger partial charge >= 0.3 is 0 Å². The summed E-state index contributed by atoms with van der Waals surface area (Å²) in [6, 6.07) is 0.351. The van der Waals surface area contributed by atoms with Gasteiger partial charge in [-0.2, -0.15) is 0 Å². The molecule has 0 aromatic rings. The van der Waals surface area contributed by atoms with Crippen LogP contribution in [0.1, 0.15) is 25.7 Å². The smallest absolute Gasteiger partial charge is 0.220 e. The fourth-order valence-electron chi connectivity index (χ4n) is 1.15. The number of hydrogen-bond donors (Lipinski definition) is 1. The van der Waals surface area contributed by atoms with Gasteiger partial charge in [0, 0.05) is 18.9 Å². The van der Waals surface area contributed by atoms with Crippen molar-refractivity contribution < 1.29 is 4.79 Å². The van der Waals surface area contributed by atoms with Crippen molar-refractivity contribution in [1.82, 2.24) is 5.32 Å². The first-order valence-corrected chi connectivity index (χ1v) is 3.56. The second-order valence-electron chi connectivity index (χ2n) is 2.55. The van der Waals surface area contributed by atoms with Gasteiger partial charge in [-0.05, 0) is 12.8 Å². The van der Waals surface area contributed by atoms with Crippen molar-refractivity contribution in [2.75, 3.05) is 0 Å². The minimum Gasteiger partial charge on any atom is -0.353 e. The Kier molecular flexibility index (Phi) is 2.33. The Hall–Kier alpha value is -0.970. The summed E-state index contributed by atoms with van der Waals surface area (Å²) in [6.07, 6.45) is 8.41. The highest BCUT2D eigenvalue weighted by Crippen LogP contribution is 2.10. The van der Waals surface area contributed by atoms with Crippen LogP contribution in [0.4, 0.5) is 0 Å². The molecule has 0 bridgehead atoms. The van der Waals surface area contributed by atoms with Crippen LogP contribution in [-0.2, 0) is 4.79 Å². The maximum absolute atomic E-state index is 10.7. The molecule has 1 unspecified atom stereocenters. The molecule has 10 heavy (non-hydrogen) atoms. The molecule has 1 rings (SSSR count). The predicted molar refractivity (Wildman–Crippen MR) is 39.2 cm³/mol. The topological polar surface area (TPSA) is 29.1 Å². The fraction of sp³-hybridized carbons (Fsp3) is 0.625. The van der Waals surface area contributed by atoms with Crippen molar-refractivity contribution in [3.8, 4) is 12.3 Å². The lowest BCUT2D eigenvalue weighted by Gasteiger charge is -2.05. The summed E-state index contributed by atoms with van der Waals surface area (Å²) in [6.45, 7) is 0. The average Bonchev–Trinajstić information content (AvgIpc) is 2.31. The Morgan fingerprint density at radius 1 is 1.80 bits per heavy atom. The largest absolute Gasteiger partial charge is 0.353 e. The lowest BCUT2D eigenvalue weighted by atomic mass is 10.1. The van der Waals surface area contributed by atoms with Crippen molar-refractivity contribution in [3.63, 3.8) is 0 Å². The Bertz CT molecular complexity index is 169. The van der Waals surface area contributed by atoms with Gasteiger partial charge in [0.25, 0.3) is 0 Å². The van der Waals surface area contributed by atoms with Crippen molar-refractivity contribution >= 4 is 5.91 Å². The van der Waals surface area contributed by atoms with Gasteiger partial charge in [-0.3, -0.25) is 4.79 Å². The van der Waals surface area contributed by atoms with E-state index in [2.05, 4.69) is 11.2 Å². The summed E-state index contributed by atoms with van der Waals surface area (Å²) in [4.78, 5) is 10.7. The Balaban J connectivity index is 2.20. The van der Waals surface area contributed by atoms with Crippen molar-refractivity contribution in [2.24, 2.45) is 0 Å². The Morgan fingerprint density at radius 2 is 2.60 bits per heavy atom. The normalized spacial score (nSPS) is 23.9. The minimum atomic E-state index is 0.169. The molecule has 0 aliphatic carbocycles. The summed E-state index contributed by atoms with van der Waals surface area (Å²) >= 11 is 0. The summed E-state index contributed by atoms with van der Waals surface area (Å²) in [5.74, 6) is 2.73. The molecule has 0 radical (unpaired) electrons. The van der Waals surface area contributed by atoms with Crippen LogP contribution in [0, 0.1) is 12.3 Å². The second kappa shape index (κ2) is 3.26. The lowest BCUT2D eigenvalue weighted by molar-refractivity contribution is -0.119. The van der Waals surface area contributed by atoms with Crippen LogP contribution < -0.4 is 5.32 Å². The van der Waals surface area contributed by atoms with E-state index in [9.17, 15) is 4.79 Å². The zero-order valence-electron chi connectivity index (χ0n) is 5.89. The SMILES string of the molecule is C#CCCC1CCC(=O)N1. The lowest BCUT2D eigenvalue weighted by Crippen LogP contribution is -2.24. The quantitative estimate of drug-likeness (QED) is 0.557. The third-order valence-electron chi connectivity index (χ3n) is 1.72. The van der Waals surface area contributed by atoms with Crippen LogP contribution >= 0.6 is 0 Å². The number of terminal acetylenes is 1. The Morgan fingerprint density at radius 3 is 3.10 bits per heavy atom. The molecular formula is C8H11NO. The Labute approximate surface area is 61.0 Å². The van der Waals surface area contributed by atoms with Crippen LogP contribution in [-0.4, -0.2) is 11.9 Å². The predicted octanol–water partition coefficient (Wildman–Crippen LogP) is 0.678. The van der Waals surface area contributed by atoms with E-state index < -0.39 is 0 Å². The molecule has 1 aliphatic rings. The van der Waals surface area contributed by atoms with Crippen molar-refractivity contribution in [3.05, 3.63) is 0 Å². The van der Waals surface area contributed by atoms with Crippen LogP contribution in [0.2, 0.25) is 0 Å². The maximum Gasteiger partial charge on any atom is 0.220 e. The molecule has 0 spiro atoms. The van der Waals surface area contributed by atoms with E-state index in [0.29, 0.717) is 12.5 Å². The highest BCUT2D eigenvalue weighted by Gasteiger charge is 2.19. The highest BCUT2D eigenvalue weighted by atomic mass is 16.1. The minimum absolute atomic E-state index is 0.169. The summed E-state index contributed by atoms with van der Waals surface area (Å²) in [7, 11) is 0. The molecule has 54 valence electrons. The number of carbonyl (C=O) groups is 1. The van der Waals surface area contributed by atoms with Gasteiger partial charge in [-0.1, -0.05) is 0 Å². The molecule has 0 aromatic heterocycles. The molecule has 1 amide bonds.